The van der Waals surface area contributed by atoms with Gasteiger partial charge in [-0.15, -0.1) is 0 Å². The maximum absolute atomic E-state index is 7.30. The molecule has 0 spiro atoms. The van der Waals surface area contributed by atoms with Gasteiger partial charge in [0.2, 0.25) is 5.95 Å². The van der Waals surface area contributed by atoms with E-state index in [0.717, 1.165) is 89.2 Å². The van der Waals surface area contributed by atoms with E-state index < -0.39 is 5.41 Å². The van der Waals surface area contributed by atoms with Gasteiger partial charge in [-0.2, -0.15) is 9.97 Å². The molecule has 7 heteroatoms. The molecule has 0 saturated heterocycles. The number of hydrogen-bond donors (Lipinski definition) is 0. The molecule has 0 aliphatic heterocycles. The standard InChI is InChI=1S/C58H38N6O/c1-58(34-14-3-15-35-58)56-59-55(60-57(61-56)64-48-29-12-6-20-37(48)38-21-7-13-30-49(38)64)45-26-16-24-43-44-25-17-31-50(54(44)65-53(43)45)63-47-28-11-9-23-40(47)42-33-32-41-39-22-8-10-27-46(39)62(51(41)52(42)63)36-18-4-2-5-19-36/h2-34H,35H2,1H3. The first-order chi connectivity index (χ1) is 32.1. The molecule has 5 heterocycles. The third-order valence-electron chi connectivity index (χ3n) is 13.6. The van der Waals surface area contributed by atoms with E-state index in [4.69, 9.17) is 19.4 Å². The van der Waals surface area contributed by atoms with E-state index in [0.29, 0.717) is 17.6 Å². The van der Waals surface area contributed by atoms with Gasteiger partial charge in [-0.05, 0) is 61.9 Å². The van der Waals surface area contributed by atoms with Crippen LogP contribution in [0.15, 0.2) is 205 Å². The Kier molecular flexibility index (Phi) is 7.46. The van der Waals surface area contributed by atoms with E-state index in [1.165, 1.54) is 21.5 Å². The fourth-order valence-corrected chi connectivity index (χ4v) is 10.6. The summed E-state index contributed by atoms with van der Waals surface area (Å²) in [5, 5.41) is 9.08. The Labute approximate surface area is 372 Å². The Bertz CT molecular complexity index is 4130. The van der Waals surface area contributed by atoms with Crippen molar-refractivity contribution in [1.82, 2.24) is 28.7 Å². The third-order valence-corrected chi connectivity index (χ3v) is 13.6. The van der Waals surface area contributed by atoms with Crippen molar-refractivity contribution in [2.75, 3.05) is 0 Å². The molecule has 5 aromatic heterocycles. The number of aromatic nitrogens is 6. The van der Waals surface area contributed by atoms with Crippen molar-refractivity contribution >= 4 is 87.4 Å². The predicted molar refractivity (Wildman–Crippen MR) is 266 cm³/mol. The first-order valence-electron chi connectivity index (χ1n) is 22.2. The molecule has 8 aromatic carbocycles. The minimum atomic E-state index is -0.445. The molecule has 14 rings (SSSR count). The van der Waals surface area contributed by atoms with Crippen molar-refractivity contribution in [1.29, 1.82) is 0 Å². The van der Waals surface area contributed by atoms with Gasteiger partial charge in [0.1, 0.15) is 11.4 Å². The Morgan fingerprint density at radius 2 is 0.985 bits per heavy atom. The maximum atomic E-state index is 7.30. The topological polar surface area (TPSA) is 66.6 Å². The van der Waals surface area contributed by atoms with Crippen molar-refractivity contribution in [2.45, 2.75) is 18.8 Å². The number of nitrogens with zero attached hydrogens (tertiary/aromatic N) is 6. The van der Waals surface area contributed by atoms with E-state index in [1.807, 2.05) is 0 Å². The van der Waals surface area contributed by atoms with E-state index in [9.17, 15) is 0 Å². The highest BCUT2D eigenvalue weighted by Crippen LogP contribution is 2.45. The Morgan fingerprint density at radius 1 is 0.446 bits per heavy atom. The highest BCUT2D eigenvalue weighted by atomic mass is 16.3. The summed E-state index contributed by atoms with van der Waals surface area (Å²) in [6.07, 6.45) is 9.35. The maximum Gasteiger partial charge on any atom is 0.238 e. The van der Waals surface area contributed by atoms with Crippen molar-refractivity contribution in [3.63, 3.8) is 0 Å². The summed E-state index contributed by atoms with van der Waals surface area (Å²) >= 11 is 0. The molecule has 0 N–H and O–H groups in total. The summed E-state index contributed by atoms with van der Waals surface area (Å²) < 4.78 is 14.3. The van der Waals surface area contributed by atoms with Crippen molar-refractivity contribution < 1.29 is 4.42 Å². The van der Waals surface area contributed by atoms with Crippen LogP contribution in [0.2, 0.25) is 0 Å². The number of benzene rings is 8. The Morgan fingerprint density at radius 3 is 1.63 bits per heavy atom. The number of para-hydroxylation sites is 7. The van der Waals surface area contributed by atoms with Gasteiger partial charge in [0.25, 0.3) is 0 Å². The van der Waals surface area contributed by atoms with Crippen LogP contribution in [0, 0.1) is 0 Å². The zero-order valence-corrected chi connectivity index (χ0v) is 35.4. The third kappa shape index (κ3) is 5.09. The first kappa shape index (κ1) is 36.0. The van der Waals surface area contributed by atoms with Crippen LogP contribution in [0.25, 0.3) is 116 Å². The Hall–Kier alpha value is -8.55. The number of allylic oxidation sites excluding steroid dienone is 4. The molecule has 0 bridgehead atoms. The van der Waals surface area contributed by atoms with E-state index in [2.05, 4.69) is 221 Å². The van der Waals surface area contributed by atoms with Gasteiger partial charge in [-0.1, -0.05) is 152 Å². The van der Waals surface area contributed by atoms with Crippen LogP contribution in [0.1, 0.15) is 19.2 Å². The van der Waals surface area contributed by atoms with Gasteiger partial charge in [-0.3, -0.25) is 4.57 Å². The highest BCUT2D eigenvalue weighted by molar-refractivity contribution is 6.24. The molecular weight excluding hydrogens is 797 g/mol. The lowest BCUT2D eigenvalue weighted by Crippen LogP contribution is -2.24. The predicted octanol–water partition coefficient (Wildman–Crippen LogP) is 14.5. The van der Waals surface area contributed by atoms with Crippen LogP contribution in [-0.2, 0) is 5.41 Å². The van der Waals surface area contributed by atoms with Crippen LogP contribution in [0.4, 0.5) is 0 Å². The molecular formula is C58H38N6O. The summed E-state index contributed by atoms with van der Waals surface area (Å²) in [5.41, 5.74) is 10.6. The minimum Gasteiger partial charge on any atom is -0.453 e. The van der Waals surface area contributed by atoms with Crippen LogP contribution >= 0.6 is 0 Å². The SMILES string of the molecule is CC1(c2nc(-c3cccc4c3oc3c(-n5c6ccccc6c6ccc7c8ccccc8n(-c8ccccc8)c7c65)cccc34)nc(-n3c4ccccc4c4ccccc43)n2)C=CC=CC1. The summed E-state index contributed by atoms with van der Waals surface area (Å²) in [6, 6.07) is 62.5. The Balaban J connectivity index is 1.06. The zero-order valence-electron chi connectivity index (χ0n) is 35.4. The van der Waals surface area contributed by atoms with E-state index in [-0.39, 0.29) is 0 Å². The van der Waals surface area contributed by atoms with Crippen LogP contribution < -0.4 is 0 Å². The fraction of sp³-hybridized carbons (Fsp3) is 0.0517. The number of rotatable bonds is 5. The molecule has 65 heavy (non-hydrogen) atoms. The molecule has 0 saturated carbocycles. The lowest BCUT2D eigenvalue weighted by molar-refractivity contribution is 0.551. The van der Waals surface area contributed by atoms with Crippen LogP contribution in [-0.4, -0.2) is 28.7 Å². The fourth-order valence-electron chi connectivity index (χ4n) is 10.6. The summed E-state index contributed by atoms with van der Waals surface area (Å²) in [6.45, 7) is 2.20. The van der Waals surface area contributed by atoms with Gasteiger partial charge in [0.05, 0.1) is 44.4 Å². The normalized spacial score (nSPS) is 15.3. The molecule has 1 aliphatic carbocycles. The van der Waals surface area contributed by atoms with Gasteiger partial charge in [0, 0.05) is 54.2 Å². The van der Waals surface area contributed by atoms with Crippen molar-refractivity contribution in [3.05, 3.63) is 206 Å². The van der Waals surface area contributed by atoms with E-state index >= 15 is 0 Å². The number of furan rings is 1. The molecule has 0 amide bonds. The first-order valence-corrected chi connectivity index (χ1v) is 22.2. The van der Waals surface area contributed by atoms with E-state index in [1.54, 1.807) is 0 Å². The number of hydrogen-bond acceptors (Lipinski definition) is 4. The van der Waals surface area contributed by atoms with Gasteiger partial charge in [0.15, 0.2) is 11.4 Å². The second-order valence-corrected chi connectivity index (χ2v) is 17.4. The van der Waals surface area contributed by atoms with Crippen LogP contribution in [0.5, 0.6) is 0 Å². The summed E-state index contributed by atoms with van der Waals surface area (Å²) in [4.78, 5) is 16.0. The largest absolute Gasteiger partial charge is 0.453 e. The second-order valence-electron chi connectivity index (χ2n) is 17.4. The molecule has 1 aliphatic rings. The molecule has 13 aromatic rings. The minimum absolute atomic E-state index is 0.445. The smallest absolute Gasteiger partial charge is 0.238 e. The molecule has 306 valence electrons. The van der Waals surface area contributed by atoms with Gasteiger partial charge >= 0.3 is 0 Å². The van der Waals surface area contributed by atoms with Crippen LogP contribution in [0.3, 0.4) is 0 Å². The highest BCUT2D eigenvalue weighted by Gasteiger charge is 2.31. The van der Waals surface area contributed by atoms with Gasteiger partial charge in [-0.25, -0.2) is 4.98 Å². The molecule has 0 fully saturated rings. The van der Waals surface area contributed by atoms with Gasteiger partial charge < -0.3 is 13.6 Å². The summed E-state index contributed by atoms with van der Waals surface area (Å²) in [7, 11) is 0. The second kappa shape index (κ2) is 13.5. The molecule has 1 atom stereocenters. The quantitative estimate of drug-likeness (QED) is 0.173. The molecule has 0 radical (unpaired) electrons. The van der Waals surface area contributed by atoms with Crippen molar-refractivity contribution in [2.24, 2.45) is 0 Å². The zero-order chi connectivity index (χ0) is 42.8. The average molecular weight is 835 g/mol. The monoisotopic (exact) mass is 834 g/mol. The molecule has 7 nitrogen and oxygen atoms in total. The van der Waals surface area contributed by atoms with Crippen molar-refractivity contribution in [3.8, 4) is 28.7 Å². The lowest BCUT2D eigenvalue weighted by Gasteiger charge is -2.25. The summed E-state index contributed by atoms with van der Waals surface area (Å²) in [5.74, 6) is 1.84. The molecule has 1 unspecified atom stereocenters. The lowest BCUT2D eigenvalue weighted by atomic mass is 9.83. The number of fused-ring (bicyclic) bond motifs is 13. The average Bonchev–Trinajstić information content (AvgIpc) is 4.11.